The average molecular weight is 788 g/mol. The minimum Gasteiger partial charge on any atom is -0.247 e. The van der Waals surface area contributed by atoms with Gasteiger partial charge in [0.15, 0.2) is 5.82 Å². The number of nitrogens with zero attached hydrogens (tertiary/aromatic N) is 3. The maximum absolute atomic E-state index is 5.36. The molecule has 0 unspecified atom stereocenters. The first-order valence-electron chi connectivity index (χ1n) is 21.1. The maximum Gasteiger partial charge on any atom is 0.160 e. The van der Waals surface area contributed by atoms with Crippen LogP contribution in [0.25, 0.3) is 121 Å². The molecule has 3 heteroatoms. The van der Waals surface area contributed by atoms with Gasteiger partial charge in [0.05, 0.1) is 22.4 Å². The summed E-state index contributed by atoms with van der Waals surface area (Å²) in [6.45, 7) is 0. The van der Waals surface area contributed by atoms with Crippen LogP contribution in [0.4, 0.5) is 0 Å². The van der Waals surface area contributed by atoms with E-state index in [1.54, 1.807) is 0 Å². The molecule has 12 aromatic rings. The topological polar surface area (TPSA) is 38.7 Å². The van der Waals surface area contributed by atoms with Crippen LogP contribution < -0.4 is 0 Å². The smallest absolute Gasteiger partial charge is 0.160 e. The van der Waals surface area contributed by atoms with Crippen LogP contribution in [0.3, 0.4) is 0 Å². The molecular formula is C59H37N3. The van der Waals surface area contributed by atoms with E-state index < -0.39 is 0 Å². The number of benzene rings is 10. The Hall–Kier alpha value is -8.27. The molecule has 62 heavy (non-hydrogen) atoms. The normalized spacial score (nSPS) is 11.5. The molecule has 2 aromatic heterocycles. The van der Waals surface area contributed by atoms with Crippen molar-refractivity contribution in [1.29, 1.82) is 0 Å². The second-order valence-electron chi connectivity index (χ2n) is 15.9. The quantitative estimate of drug-likeness (QED) is 0.158. The van der Waals surface area contributed by atoms with E-state index >= 15 is 0 Å². The van der Waals surface area contributed by atoms with Gasteiger partial charge in [-0.25, -0.2) is 15.0 Å². The van der Waals surface area contributed by atoms with Crippen molar-refractivity contribution in [2.45, 2.75) is 0 Å². The van der Waals surface area contributed by atoms with Crippen molar-refractivity contribution in [2.75, 3.05) is 0 Å². The summed E-state index contributed by atoms with van der Waals surface area (Å²) < 4.78 is 0. The first-order valence-corrected chi connectivity index (χ1v) is 21.1. The Morgan fingerprint density at radius 2 is 0.758 bits per heavy atom. The van der Waals surface area contributed by atoms with Crippen molar-refractivity contribution in [2.24, 2.45) is 0 Å². The van der Waals surface area contributed by atoms with Crippen LogP contribution in [0.5, 0.6) is 0 Å². The summed E-state index contributed by atoms with van der Waals surface area (Å²) in [6.07, 6.45) is 0. The first-order chi connectivity index (χ1) is 30.7. The molecule has 0 amide bonds. The van der Waals surface area contributed by atoms with Crippen molar-refractivity contribution >= 4 is 54.1 Å². The van der Waals surface area contributed by atoms with Crippen LogP contribution >= 0.6 is 0 Å². The highest BCUT2D eigenvalue weighted by atomic mass is 14.9. The molecule has 0 saturated carbocycles. The van der Waals surface area contributed by atoms with E-state index in [9.17, 15) is 0 Å². The minimum atomic E-state index is 0.711. The lowest BCUT2D eigenvalue weighted by Crippen LogP contribution is -1.95. The van der Waals surface area contributed by atoms with Gasteiger partial charge in [0, 0.05) is 38.2 Å². The fraction of sp³-hybridized carbons (Fsp3) is 0. The van der Waals surface area contributed by atoms with Crippen molar-refractivity contribution in [3.63, 3.8) is 0 Å². The lowest BCUT2D eigenvalue weighted by Gasteiger charge is -2.16. The molecule has 2 heterocycles. The standard InChI is InChI=1S/C59H37N3/c1-2-13-38(14-3-1)40-27-32-43(33-28-40)59-61-55-24-11-9-22-51(55)57(62-59)46-18-12-17-45(35-46)41-25-30-42(31-26-41)52-37-53-56(49-20-7-6-19-48(49)52)50-21-8-10-23-54(50)60-58(53)47-34-29-39-15-4-5-16-44(39)36-47/h1-37H. The summed E-state index contributed by atoms with van der Waals surface area (Å²) >= 11 is 0. The third-order valence-corrected chi connectivity index (χ3v) is 12.2. The van der Waals surface area contributed by atoms with Gasteiger partial charge < -0.3 is 0 Å². The van der Waals surface area contributed by atoms with Gasteiger partial charge in [0.1, 0.15) is 0 Å². The highest BCUT2D eigenvalue weighted by Gasteiger charge is 2.18. The molecule has 0 bridgehead atoms. The van der Waals surface area contributed by atoms with Gasteiger partial charge in [-0.1, -0.05) is 194 Å². The Labute approximate surface area is 359 Å². The van der Waals surface area contributed by atoms with Crippen molar-refractivity contribution in [1.82, 2.24) is 15.0 Å². The first kappa shape index (κ1) is 35.7. The monoisotopic (exact) mass is 787 g/mol. The van der Waals surface area contributed by atoms with Crippen LogP contribution in [0.2, 0.25) is 0 Å². The number of hydrogen-bond donors (Lipinski definition) is 0. The van der Waals surface area contributed by atoms with E-state index in [0.29, 0.717) is 5.82 Å². The largest absolute Gasteiger partial charge is 0.247 e. The average Bonchev–Trinajstić information content (AvgIpc) is 3.35. The number of hydrogen-bond acceptors (Lipinski definition) is 3. The summed E-state index contributed by atoms with van der Waals surface area (Å²) in [6, 6.07) is 80.0. The highest BCUT2D eigenvalue weighted by molar-refractivity contribution is 6.25. The number of fused-ring (bicyclic) bond motifs is 7. The summed E-state index contributed by atoms with van der Waals surface area (Å²) in [5, 5.41) is 9.43. The zero-order chi connectivity index (χ0) is 41.0. The van der Waals surface area contributed by atoms with Gasteiger partial charge in [-0.15, -0.1) is 0 Å². The Balaban J connectivity index is 0.952. The Kier molecular flexibility index (Phi) is 8.50. The van der Waals surface area contributed by atoms with E-state index in [4.69, 9.17) is 15.0 Å². The summed E-state index contributed by atoms with van der Waals surface area (Å²) in [5.74, 6) is 0.711. The van der Waals surface area contributed by atoms with Crippen LogP contribution in [0.15, 0.2) is 224 Å². The fourth-order valence-corrected chi connectivity index (χ4v) is 9.17. The van der Waals surface area contributed by atoms with E-state index in [2.05, 4.69) is 212 Å². The van der Waals surface area contributed by atoms with E-state index in [-0.39, 0.29) is 0 Å². The van der Waals surface area contributed by atoms with Crippen LogP contribution in [-0.4, -0.2) is 15.0 Å². The lowest BCUT2D eigenvalue weighted by atomic mass is 9.89. The number of pyridine rings is 1. The molecule has 0 aliphatic heterocycles. The highest BCUT2D eigenvalue weighted by Crippen LogP contribution is 2.42. The second-order valence-corrected chi connectivity index (χ2v) is 15.9. The molecule has 0 radical (unpaired) electrons. The SMILES string of the molecule is c1ccc(-c2ccc(-c3nc(-c4cccc(-c5ccc(-c6cc7c(-c8ccc9ccccc9c8)nc8ccccc8c7c7ccccc67)cc5)c4)c4ccccc4n3)cc2)cc1. The molecule has 0 atom stereocenters. The van der Waals surface area contributed by atoms with E-state index in [1.807, 2.05) is 12.1 Å². The predicted octanol–water partition coefficient (Wildman–Crippen LogP) is 15.6. The van der Waals surface area contributed by atoms with E-state index in [0.717, 1.165) is 72.0 Å². The van der Waals surface area contributed by atoms with Gasteiger partial charge in [-0.3, -0.25) is 0 Å². The van der Waals surface area contributed by atoms with Crippen LogP contribution in [-0.2, 0) is 0 Å². The van der Waals surface area contributed by atoms with Gasteiger partial charge in [0.2, 0.25) is 0 Å². The molecule has 0 fully saturated rings. The summed E-state index contributed by atoms with van der Waals surface area (Å²) in [7, 11) is 0. The van der Waals surface area contributed by atoms with Gasteiger partial charge >= 0.3 is 0 Å². The molecular weight excluding hydrogens is 751 g/mol. The zero-order valence-corrected chi connectivity index (χ0v) is 33.7. The number of rotatable bonds is 6. The molecule has 0 aliphatic rings. The summed E-state index contributed by atoms with van der Waals surface area (Å²) in [5.41, 5.74) is 13.9. The van der Waals surface area contributed by atoms with Crippen molar-refractivity contribution < 1.29 is 0 Å². The van der Waals surface area contributed by atoms with Crippen LogP contribution in [0, 0.1) is 0 Å². The lowest BCUT2D eigenvalue weighted by molar-refractivity contribution is 1.23. The molecule has 288 valence electrons. The van der Waals surface area contributed by atoms with Gasteiger partial charge in [0.25, 0.3) is 0 Å². The van der Waals surface area contributed by atoms with Crippen LogP contribution in [0.1, 0.15) is 0 Å². The van der Waals surface area contributed by atoms with Gasteiger partial charge in [-0.2, -0.15) is 0 Å². The maximum atomic E-state index is 5.36. The molecule has 3 nitrogen and oxygen atoms in total. The third kappa shape index (κ3) is 6.18. The minimum absolute atomic E-state index is 0.711. The van der Waals surface area contributed by atoms with E-state index in [1.165, 1.54) is 43.6 Å². The third-order valence-electron chi connectivity index (χ3n) is 12.2. The Morgan fingerprint density at radius 1 is 0.242 bits per heavy atom. The number of para-hydroxylation sites is 2. The predicted molar refractivity (Wildman–Crippen MR) is 260 cm³/mol. The molecule has 0 saturated heterocycles. The molecule has 0 spiro atoms. The zero-order valence-electron chi connectivity index (χ0n) is 33.7. The van der Waals surface area contributed by atoms with Gasteiger partial charge in [-0.05, 0) is 85.3 Å². The molecule has 12 rings (SSSR count). The van der Waals surface area contributed by atoms with Crippen molar-refractivity contribution in [3.8, 4) is 67.3 Å². The second kappa shape index (κ2) is 14.8. The Bertz CT molecular complexity index is 3670. The fourth-order valence-electron chi connectivity index (χ4n) is 9.17. The molecule has 0 aliphatic carbocycles. The number of aromatic nitrogens is 3. The molecule has 10 aromatic carbocycles. The Morgan fingerprint density at radius 3 is 1.55 bits per heavy atom. The van der Waals surface area contributed by atoms with Crippen molar-refractivity contribution in [3.05, 3.63) is 224 Å². The molecule has 0 N–H and O–H groups in total. The summed E-state index contributed by atoms with van der Waals surface area (Å²) in [4.78, 5) is 15.6.